The maximum atomic E-state index is 10.8. The van der Waals surface area contributed by atoms with Crippen molar-refractivity contribution in [3.05, 3.63) is 29.1 Å². The van der Waals surface area contributed by atoms with Gasteiger partial charge in [-0.25, -0.2) is 0 Å². The molecule has 1 N–H and O–H groups in total. The van der Waals surface area contributed by atoms with Gasteiger partial charge in [-0.3, -0.25) is 9.78 Å². The van der Waals surface area contributed by atoms with Crippen molar-refractivity contribution >= 4 is 5.97 Å². The number of rotatable bonds is 3. The van der Waals surface area contributed by atoms with Crippen LogP contribution in [0.4, 0.5) is 0 Å². The molecule has 92 valence electrons. The SMILES string of the molecule is CC(Cc1cnc2c(c1)CN(C)CC2)C(=O)O. The Hall–Kier alpha value is -1.42. The zero-order chi connectivity index (χ0) is 12.4. The van der Waals surface area contributed by atoms with Gasteiger partial charge in [-0.05, 0) is 24.6 Å². The predicted molar refractivity (Wildman–Crippen MR) is 64.8 cm³/mol. The number of aromatic nitrogens is 1. The van der Waals surface area contributed by atoms with Gasteiger partial charge in [0.25, 0.3) is 0 Å². The molecule has 0 radical (unpaired) electrons. The predicted octanol–water partition coefficient (Wildman–Crippen LogP) is 1.33. The van der Waals surface area contributed by atoms with Gasteiger partial charge >= 0.3 is 5.97 Å². The summed E-state index contributed by atoms with van der Waals surface area (Å²) < 4.78 is 0. The Morgan fingerprint density at radius 3 is 3.12 bits per heavy atom. The fraction of sp³-hybridized carbons (Fsp3) is 0.538. The molecule has 0 saturated carbocycles. The zero-order valence-electron chi connectivity index (χ0n) is 10.3. The average Bonchev–Trinajstić information content (AvgIpc) is 2.28. The first-order valence-electron chi connectivity index (χ1n) is 5.94. The molecule has 1 aliphatic rings. The van der Waals surface area contributed by atoms with Gasteiger partial charge in [0.05, 0.1) is 5.92 Å². The van der Waals surface area contributed by atoms with Crippen molar-refractivity contribution < 1.29 is 9.90 Å². The van der Waals surface area contributed by atoms with Gasteiger partial charge in [0.1, 0.15) is 0 Å². The fourth-order valence-electron chi connectivity index (χ4n) is 2.17. The summed E-state index contributed by atoms with van der Waals surface area (Å²) in [7, 11) is 2.09. The van der Waals surface area contributed by atoms with E-state index in [1.165, 1.54) is 5.56 Å². The molecule has 2 rings (SSSR count). The maximum absolute atomic E-state index is 10.8. The summed E-state index contributed by atoms with van der Waals surface area (Å²) >= 11 is 0. The van der Waals surface area contributed by atoms with Crippen LogP contribution >= 0.6 is 0 Å². The van der Waals surface area contributed by atoms with Crippen molar-refractivity contribution in [2.24, 2.45) is 5.92 Å². The minimum atomic E-state index is -0.750. The molecule has 4 heteroatoms. The summed E-state index contributed by atoms with van der Waals surface area (Å²) in [5.41, 5.74) is 3.43. The molecular formula is C13H18N2O2. The second-order valence-corrected chi connectivity index (χ2v) is 4.88. The molecule has 1 aromatic rings. The first kappa shape index (κ1) is 12.0. The summed E-state index contributed by atoms with van der Waals surface area (Å²) in [5, 5.41) is 8.90. The normalized spacial score (nSPS) is 17.5. The van der Waals surface area contributed by atoms with Crippen LogP contribution in [-0.2, 0) is 24.2 Å². The Morgan fingerprint density at radius 1 is 1.65 bits per heavy atom. The van der Waals surface area contributed by atoms with Crippen LogP contribution in [0.15, 0.2) is 12.3 Å². The standard InChI is InChI=1S/C13H18N2O2/c1-9(13(16)17)5-10-6-11-8-15(2)4-3-12(11)14-7-10/h6-7,9H,3-5,8H2,1-2H3,(H,16,17). The van der Waals surface area contributed by atoms with E-state index in [1.807, 2.05) is 6.20 Å². The minimum absolute atomic E-state index is 0.351. The van der Waals surface area contributed by atoms with E-state index < -0.39 is 5.97 Å². The maximum Gasteiger partial charge on any atom is 0.306 e. The first-order valence-corrected chi connectivity index (χ1v) is 5.94. The Morgan fingerprint density at radius 2 is 2.41 bits per heavy atom. The van der Waals surface area contributed by atoms with E-state index in [-0.39, 0.29) is 5.92 Å². The van der Waals surface area contributed by atoms with Gasteiger partial charge in [-0.15, -0.1) is 0 Å². The highest BCUT2D eigenvalue weighted by molar-refractivity contribution is 5.69. The first-order chi connectivity index (χ1) is 8.06. The molecule has 0 saturated heterocycles. The second kappa shape index (κ2) is 4.84. The number of carboxylic acid groups (broad SMARTS) is 1. The van der Waals surface area contributed by atoms with Crippen LogP contribution in [0.2, 0.25) is 0 Å². The molecule has 0 amide bonds. The van der Waals surface area contributed by atoms with Crippen LogP contribution < -0.4 is 0 Å². The van der Waals surface area contributed by atoms with Crippen LogP contribution in [0.3, 0.4) is 0 Å². The third kappa shape index (κ3) is 2.82. The summed E-state index contributed by atoms with van der Waals surface area (Å²) in [6.07, 6.45) is 3.36. The molecule has 0 bridgehead atoms. The van der Waals surface area contributed by atoms with Crippen molar-refractivity contribution in [1.82, 2.24) is 9.88 Å². The van der Waals surface area contributed by atoms with E-state index in [9.17, 15) is 4.79 Å². The molecule has 1 atom stereocenters. The molecule has 1 aromatic heterocycles. The molecule has 1 unspecified atom stereocenters. The number of pyridine rings is 1. The summed E-state index contributed by atoms with van der Waals surface area (Å²) in [6, 6.07) is 2.11. The van der Waals surface area contributed by atoms with Gasteiger partial charge < -0.3 is 10.0 Å². The van der Waals surface area contributed by atoms with Crippen molar-refractivity contribution in [2.45, 2.75) is 26.3 Å². The molecule has 4 nitrogen and oxygen atoms in total. The highest BCUT2D eigenvalue weighted by atomic mass is 16.4. The zero-order valence-corrected chi connectivity index (χ0v) is 10.3. The monoisotopic (exact) mass is 234 g/mol. The lowest BCUT2D eigenvalue weighted by Crippen LogP contribution is -2.27. The Bertz CT molecular complexity index is 431. The lowest BCUT2D eigenvalue weighted by atomic mass is 9.98. The van der Waals surface area contributed by atoms with E-state index in [2.05, 4.69) is 23.0 Å². The van der Waals surface area contributed by atoms with Crippen molar-refractivity contribution in [3.63, 3.8) is 0 Å². The van der Waals surface area contributed by atoms with Crippen molar-refractivity contribution in [2.75, 3.05) is 13.6 Å². The third-order valence-corrected chi connectivity index (χ3v) is 3.25. The van der Waals surface area contributed by atoms with E-state index in [4.69, 9.17) is 5.11 Å². The summed E-state index contributed by atoms with van der Waals surface area (Å²) in [5.74, 6) is -1.10. The van der Waals surface area contributed by atoms with E-state index in [1.54, 1.807) is 6.92 Å². The number of hydrogen-bond donors (Lipinski definition) is 1. The molecule has 1 aliphatic heterocycles. The molecule has 0 aromatic carbocycles. The minimum Gasteiger partial charge on any atom is -0.481 e. The number of fused-ring (bicyclic) bond motifs is 1. The van der Waals surface area contributed by atoms with Crippen LogP contribution in [0.25, 0.3) is 0 Å². The smallest absolute Gasteiger partial charge is 0.306 e. The molecule has 2 heterocycles. The van der Waals surface area contributed by atoms with E-state index >= 15 is 0 Å². The molecule has 0 spiro atoms. The Balaban J connectivity index is 2.15. The number of aliphatic carboxylic acids is 1. The third-order valence-electron chi connectivity index (χ3n) is 3.25. The van der Waals surface area contributed by atoms with E-state index in [0.29, 0.717) is 6.42 Å². The summed E-state index contributed by atoms with van der Waals surface area (Å²) in [4.78, 5) is 17.5. The molecule has 0 fully saturated rings. The van der Waals surface area contributed by atoms with Crippen LogP contribution in [0.5, 0.6) is 0 Å². The van der Waals surface area contributed by atoms with Crippen molar-refractivity contribution in [1.29, 1.82) is 0 Å². The van der Waals surface area contributed by atoms with Gasteiger partial charge in [0.15, 0.2) is 0 Å². The number of carboxylic acids is 1. The lowest BCUT2D eigenvalue weighted by molar-refractivity contribution is -0.141. The average molecular weight is 234 g/mol. The largest absolute Gasteiger partial charge is 0.481 e. The number of nitrogens with zero attached hydrogens (tertiary/aromatic N) is 2. The van der Waals surface area contributed by atoms with Crippen LogP contribution in [0, 0.1) is 5.92 Å². The topological polar surface area (TPSA) is 53.4 Å². The quantitative estimate of drug-likeness (QED) is 0.857. The molecule has 17 heavy (non-hydrogen) atoms. The number of likely N-dealkylation sites (N-methyl/N-ethyl adjacent to an activating group) is 1. The molecule has 0 aliphatic carbocycles. The highest BCUT2D eigenvalue weighted by Gasteiger charge is 2.17. The Labute approximate surface area is 101 Å². The van der Waals surface area contributed by atoms with Gasteiger partial charge in [0.2, 0.25) is 0 Å². The number of hydrogen-bond acceptors (Lipinski definition) is 3. The van der Waals surface area contributed by atoms with Crippen LogP contribution in [0.1, 0.15) is 23.7 Å². The second-order valence-electron chi connectivity index (χ2n) is 4.88. The van der Waals surface area contributed by atoms with Gasteiger partial charge in [-0.2, -0.15) is 0 Å². The number of carbonyl (C=O) groups is 1. The Kier molecular flexibility index (Phi) is 3.43. The molecular weight excluding hydrogens is 216 g/mol. The van der Waals surface area contributed by atoms with Crippen molar-refractivity contribution in [3.8, 4) is 0 Å². The van der Waals surface area contributed by atoms with E-state index in [0.717, 1.165) is 30.8 Å². The lowest BCUT2D eigenvalue weighted by Gasteiger charge is -2.24. The van der Waals surface area contributed by atoms with Crippen LogP contribution in [-0.4, -0.2) is 34.6 Å². The highest BCUT2D eigenvalue weighted by Crippen LogP contribution is 2.18. The summed E-state index contributed by atoms with van der Waals surface area (Å²) in [6.45, 7) is 3.69. The fourth-order valence-corrected chi connectivity index (χ4v) is 2.17. The van der Waals surface area contributed by atoms with Gasteiger partial charge in [-0.1, -0.05) is 13.0 Å². The van der Waals surface area contributed by atoms with Gasteiger partial charge in [0, 0.05) is 31.4 Å².